The van der Waals surface area contributed by atoms with Crippen LogP contribution in [0.2, 0.25) is 0 Å². The first-order chi connectivity index (χ1) is 10.3. The van der Waals surface area contributed by atoms with Crippen LogP contribution in [0.4, 0.5) is 9.59 Å². The highest BCUT2D eigenvalue weighted by atomic mass is 16.6. The Labute approximate surface area is 139 Å². The van der Waals surface area contributed by atoms with E-state index in [0.29, 0.717) is 0 Å². The molecular weight excluding hydrogens is 300 g/mol. The van der Waals surface area contributed by atoms with Crippen LogP contribution in [0.15, 0.2) is 0 Å². The molecule has 0 saturated carbocycles. The van der Waals surface area contributed by atoms with E-state index in [0.717, 1.165) is 0 Å². The molecule has 23 heavy (non-hydrogen) atoms. The van der Waals surface area contributed by atoms with Crippen LogP contribution in [0.5, 0.6) is 0 Å². The predicted octanol–water partition coefficient (Wildman–Crippen LogP) is 2.83. The van der Waals surface area contributed by atoms with E-state index in [1.807, 2.05) is 13.8 Å². The molecule has 0 aliphatic carbocycles. The second-order valence-corrected chi connectivity index (χ2v) is 7.57. The summed E-state index contributed by atoms with van der Waals surface area (Å²) in [6.45, 7) is 15.0. The molecule has 7 nitrogen and oxygen atoms in total. The van der Waals surface area contributed by atoms with Gasteiger partial charge in [-0.05, 0) is 55.4 Å². The Kier molecular flexibility index (Phi) is 8.37. The van der Waals surface area contributed by atoms with Crippen LogP contribution in [0, 0.1) is 0 Å². The fraction of sp³-hybridized carbons (Fsp3) is 0.875. The molecule has 0 aromatic rings. The summed E-state index contributed by atoms with van der Waals surface area (Å²) >= 11 is 0. The zero-order chi connectivity index (χ0) is 18.3. The molecule has 0 radical (unpaired) electrons. The largest absolute Gasteiger partial charge is 0.444 e. The van der Waals surface area contributed by atoms with Gasteiger partial charge in [0.05, 0.1) is 12.2 Å². The van der Waals surface area contributed by atoms with Crippen LogP contribution in [0.3, 0.4) is 0 Å². The van der Waals surface area contributed by atoms with E-state index >= 15 is 0 Å². The number of nitrogens with one attached hydrogen (secondary N) is 2. The highest BCUT2D eigenvalue weighted by Gasteiger charge is 2.20. The maximum absolute atomic E-state index is 11.7. The van der Waals surface area contributed by atoms with E-state index in [4.69, 9.17) is 14.2 Å². The van der Waals surface area contributed by atoms with E-state index in [9.17, 15) is 9.59 Å². The van der Waals surface area contributed by atoms with Gasteiger partial charge in [-0.25, -0.2) is 9.59 Å². The quantitative estimate of drug-likeness (QED) is 0.781. The molecule has 2 N–H and O–H groups in total. The number of alkyl carbamates (subject to hydrolysis) is 2. The lowest BCUT2D eigenvalue weighted by Gasteiger charge is -2.24. The van der Waals surface area contributed by atoms with Crippen LogP contribution in [-0.2, 0) is 14.2 Å². The molecule has 0 aromatic carbocycles. The molecule has 0 aliphatic rings. The summed E-state index contributed by atoms with van der Waals surface area (Å²) in [5.41, 5.74) is -1.12. The molecule has 0 spiro atoms. The third kappa shape index (κ3) is 13.9. The van der Waals surface area contributed by atoms with Gasteiger partial charge in [0, 0.05) is 13.1 Å². The van der Waals surface area contributed by atoms with Crippen LogP contribution in [-0.4, -0.2) is 48.7 Å². The molecule has 0 aromatic heterocycles. The normalized spacial score (nSPS) is 12.3. The highest BCUT2D eigenvalue weighted by Crippen LogP contribution is 2.08. The summed E-state index contributed by atoms with van der Waals surface area (Å²) in [6, 6.07) is 0. The maximum atomic E-state index is 11.7. The van der Waals surface area contributed by atoms with Gasteiger partial charge in [0.1, 0.15) is 11.2 Å². The van der Waals surface area contributed by atoms with Gasteiger partial charge in [-0.3, -0.25) is 0 Å². The summed E-state index contributed by atoms with van der Waals surface area (Å²) in [5, 5.41) is 5.28. The Morgan fingerprint density at radius 1 is 0.826 bits per heavy atom. The van der Waals surface area contributed by atoms with Crippen LogP contribution in [0.1, 0.15) is 55.4 Å². The second kappa shape index (κ2) is 8.96. The number of ether oxygens (including phenoxy) is 3. The van der Waals surface area contributed by atoms with Crippen LogP contribution < -0.4 is 10.6 Å². The fourth-order valence-corrected chi connectivity index (χ4v) is 1.58. The van der Waals surface area contributed by atoms with Gasteiger partial charge in [-0.1, -0.05) is 0 Å². The summed E-state index contributed by atoms with van der Waals surface area (Å²) in [5.74, 6) is 0. The number of hydrogen-bond donors (Lipinski definition) is 2. The lowest BCUT2D eigenvalue weighted by Crippen LogP contribution is -2.44. The lowest BCUT2D eigenvalue weighted by molar-refractivity contribution is 0.00118. The molecule has 0 heterocycles. The number of carbonyl (C=O) groups is 2. The molecule has 0 bridgehead atoms. The summed E-state index contributed by atoms with van der Waals surface area (Å²) in [6.07, 6.45) is -1.46. The number of rotatable bonds is 6. The van der Waals surface area contributed by atoms with Crippen molar-refractivity contribution in [3.63, 3.8) is 0 Å². The Hall–Kier alpha value is -1.50. The number of hydrogen-bond acceptors (Lipinski definition) is 5. The first kappa shape index (κ1) is 21.5. The number of amides is 2. The Morgan fingerprint density at radius 3 is 1.43 bits per heavy atom. The van der Waals surface area contributed by atoms with E-state index in [1.165, 1.54) is 0 Å². The van der Waals surface area contributed by atoms with Crippen molar-refractivity contribution < 1.29 is 23.8 Å². The molecule has 2 amide bonds. The highest BCUT2D eigenvalue weighted by molar-refractivity contribution is 5.68. The summed E-state index contributed by atoms with van der Waals surface area (Å²) < 4.78 is 16.0. The van der Waals surface area contributed by atoms with Crippen molar-refractivity contribution in [2.45, 2.75) is 78.8 Å². The van der Waals surface area contributed by atoms with Crippen molar-refractivity contribution in [2.24, 2.45) is 0 Å². The molecule has 0 unspecified atom stereocenters. The average Bonchev–Trinajstić information content (AvgIpc) is 2.27. The Balaban J connectivity index is 4.37. The van der Waals surface area contributed by atoms with Crippen LogP contribution >= 0.6 is 0 Å². The molecule has 136 valence electrons. The lowest BCUT2D eigenvalue weighted by atomic mass is 10.2. The maximum Gasteiger partial charge on any atom is 0.407 e. The monoisotopic (exact) mass is 332 g/mol. The summed E-state index contributed by atoms with van der Waals surface area (Å²) in [7, 11) is 0. The van der Waals surface area contributed by atoms with Gasteiger partial charge in [-0.2, -0.15) is 0 Å². The van der Waals surface area contributed by atoms with Crippen molar-refractivity contribution in [2.75, 3.05) is 13.1 Å². The topological polar surface area (TPSA) is 85.9 Å². The molecule has 0 atom stereocenters. The van der Waals surface area contributed by atoms with Gasteiger partial charge in [0.25, 0.3) is 0 Å². The van der Waals surface area contributed by atoms with Gasteiger partial charge < -0.3 is 24.8 Å². The standard InChI is InChI=1S/C16H32N2O5/c1-11(2)21-12(9-17-13(19)22-15(3,4)5)10-18-14(20)23-16(6,7)8/h11-12H,9-10H2,1-8H3,(H,17,19)(H,18,20). The molecule has 0 saturated heterocycles. The van der Waals surface area contributed by atoms with E-state index in [1.54, 1.807) is 41.5 Å². The van der Waals surface area contributed by atoms with Gasteiger partial charge in [-0.15, -0.1) is 0 Å². The van der Waals surface area contributed by atoms with Crippen molar-refractivity contribution in [1.29, 1.82) is 0 Å². The molecular formula is C16H32N2O5. The molecule has 7 heteroatoms. The minimum absolute atomic E-state index is 0.0409. The Bertz CT molecular complexity index is 351. The van der Waals surface area contributed by atoms with Gasteiger partial charge in [0.2, 0.25) is 0 Å². The van der Waals surface area contributed by atoms with Crippen molar-refractivity contribution in [1.82, 2.24) is 10.6 Å². The van der Waals surface area contributed by atoms with Crippen molar-refractivity contribution in [3.05, 3.63) is 0 Å². The van der Waals surface area contributed by atoms with Crippen molar-refractivity contribution in [3.8, 4) is 0 Å². The smallest absolute Gasteiger partial charge is 0.407 e. The SMILES string of the molecule is CC(C)OC(CNC(=O)OC(C)(C)C)CNC(=O)OC(C)(C)C. The minimum Gasteiger partial charge on any atom is -0.444 e. The summed E-state index contributed by atoms with van der Waals surface area (Å²) in [4.78, 5) is 23.3. The zero-order valence-electron chi connectivity index (χ0n) is 15.6. The van der Waals surface area contributed by atoms with Crippen molar-refractivity contribution >= 4 is 12.2 Å². The van der Waals surface area contributed by atoms with E-state index in [2.05, 4.69) is 10.6 Å². The molecule has 0 aliphatic heterocycles. The van der Waals surface area contributed by atoms with E-state index < -0.39 is 23.4 Å². The van der Waals surface area contributed by atoms with Crippen LogP contribution in [0.25, 0.3) is 0 Å². The second-order valence-electron chi connectivity index (χ2n) is 7.57. The predicted molar refractivity (Wildman–Crippen MR) is 88.5 cm³/mol. The molecule has 0 fully saturated rings. The van der Waals surface area contributed by atoms with Gasteiger partial charge in [0.15, 0.2) is 0 Å². The van der Waals surface area contributed by atoms with E-state index in [-0.39, 0.29) is 25.3 Å². The van der Waals surface area contributed by atoms with Gasteiger partial charge >= 0.3 is 12.2 Å². The third-order valence-corrected chi connectivity index (χ3v) is 2.21. The molecule has 0 rings (SSSR count). The number of carbonyl (C=O) groups excluding carboxylic acids is 2. The average molecular weight is 332 g/mol. The fourth-order valence-electron chi connectivity index (χ4n) is 1.58. The zero-order valence-corrected chi connectivity index (χ0v) is 15.6. The first-order valence-electron chi connectivity index (χ1n) is 7.87. The first-order valence-corrected chi connectivity index (χ1v) is 7.87. The Morgan fingerprint density at radius 2 is 1.17 bits per heavy atom. The minimum atomic E-state index is -0.562. The third-order valence-electron chi connectivity index (χ3n) is 2.21.